The molecule has 0 unspecified atom stereocenters. The molecule has 0 aliphatic carbocycles. The van der Waals surface area contributed by atoms with Gasteiger partial charge in [-0.1, -0.05) is 11.6 Å². The summed E-state index contributed by atoms with van der Waals surface area (Å²) in [5.74, 6) is -0.460. The van der Waals surface area contributed by atoms with Crippen LogP contribution >= 0.6 is 22.9 Å². The van der Waals surface area contributed by atoms with E-state index in [2.05, 4.69) is 25.8 Å². The van der Waals surface area contributed by atoms with Crippen molar-refractivity contribution < 1.29 is 9.59 Å². The third-order valence-corrected chi connectivity index (χ3v) is 4.56. The molecule has 0 aliphatic rings. The number of thiazole rings is 1. The molecule has 9 heteroatoms. The van der Waals surface area contributed by atoms with Crippen molar-refractivity contribution in [3.63, 3.8) is 0 Å². The van der Waals surface area contributed by atoms with Crippen molar-refractivity contribution in [1.29, 1.82) is 0 Å². The Labute approximate surface area is 152 Å². The Bertz CT molecular complexity index is 912. The normalized spacial score (nSPS) is 10.3. The van der Waals surface area contributed by atoms with E-state index in [4.69, 9.17) is 11.6 Å². The fourth-order valence-electron chi connectivity index (χ4n) is 1.96. The highest BCUT2D eigenvalue weighted by molar-refractivity contribution is 7.17. The molecule has 0 atom stereocenters. The van der Waals surface area contributed by atoms with Crippen molar-refractivity contribution in [2.75, 3.05) is 0 Å². The predicted octanol–water partition coefficient (Wildman–Crippen LogP) is 2.64. The van der Waals surface area contributed by atoms with Crippen LogP contribution < -0.4 is 10.9 Å². The highest BCUT2D eigenvalue weighted by Crippen LogP contribution is 2.24. The van der Waals surface area contributed by atoms with Crippen molar-refractivity contribution in [2.45, 2.75) is 6.92 Å². The molecular formula is C16H12ClN5O2S. The number of hydrazine groups is 1. The van der Waals surface area contributed by atoms with Crippen LogP contribution in [0.4, 0.5) is 0 Å². The maximum atomic E-state index is 12.3. The average Bonchev–Trinajstić information content (AvgIpc) is 3.02. The van der Waals surface area contributed by atoms with E-state index in [1.165, 1.54) is 0 Å². The lowest BCUT2D eigenvalue weighted by Gasteiger charge is -2.06. The summed E-state index contributed by atoms with van der Waals surface area (Å²) in [5.41, 5.74) is 5.65. The van der Waals surface area contributed by atoms with Crippen LogP contribution in [0.3, 0.4) is 0 Å². The Morgan fingerprint density at radius 2 is 1.68 bits per heavy atom. The molecule has 0 aliphatic heterocycles. The van der Waals surface area contributed by atoms with Gasteiger partial charge >= 0.3 is 0 Å². The first kappa shape index (κ1) is 17.0. The topological polar surface area (TPSA) is 96.9 Å². The molecule has 1 aromatic carbocycles. The van der Waals surface area contributed by atoms with Crippen molar-refractivity contribution in [3.05, 3.63) is 63.9 Å². The average molecular weight is 374 g/mol. The molecule has 7 nitrogen and oxygen atoms in total. The summed E-state index contributed by atoms with van der Waals surface area (Å²) < 4.78 is 0. The number of carbonyl (C=O) groups is 2. The zero-order valence-corrected chi connectivity index (χ0v) is 14.6. The first-order chi connectivity index (χ1) is 12.0. The van der Waals surface area contributed by atoms with Gasteiger partial charge in [-0.3, -0.25) is 20.4 Å². The van der Waals surface area contributed by atoms with Gasteiger partial charge in [-0.2, -0.15) is 0 Å². The SMILES string of the molecule is Cc1nc(-c2ncccn2)sc1C(=O)NNC(=O)c1ccc(Cl)cc1. The summed E-state index contributed by atoms with van der Waals surface area (Å²) in [4.78, 5) is 37.2. The van der Waals surface area contributed by atoms with E-state index in [1.807, 2.05) is 0 Å². The fourth-order valence-corrected chi connectivity index (χ4v) is 2.99. The molecule has 0 saturated heterocycles. The highest BCUT2D eigenvalue weighted by atomic mass is 35.5. The summed E-state index contributed by atoms with van der Waals surface area (Å²) in [6.07, 6.45) is 3.20. The van der Waals surface area contributed by atoms with Crippen LogP contribution in [0.1, 0.15) is 25.7 Å². The lowest BCUT2D eigenvalue weighted by molar-refractivity contribution is 0.0848. The van der Waals surface area contributed by atoms with Crippen LogP contribution in [-0.4, -0.2) is 26.8 Å². The van der Waals surface area contributed by atoms with Crippen LogP contribution in [0.25, 0.3) is 10.8 Å². The van der Waals surface area contributed by atoms with Crippen molar-refractivity contribution in [3.8, 4) is 10.8 Å². The minimum atomic E-state index is -0.459. The van der Waals surface area contributed by atoms with Crippen LogP contribution in [0.15, 0.2) is 42.7 Å². The summed E-state index contributed by atoms with van der Waals surface area (Å²) in [7, 11) is 0. The molecule has 0 spiro atoms. The van der Waals surface area contributed by atoms with Gasteiger partial charge in [-0.25, -0.2) is 15.0 Å². The third-order valence-electron chi connectivity index (χ3n) is 3.16. The largest absolute Gasteiger partial charge is 0.281 e. The zero-order chi connectivity index (χ0) is 17.8. The van der Waals surface area contributed by atoms with Gasteiger partial charge in [0.15, 0.2) is 10.8 Å². The van der Waals surface area contributed by atoms with Gasteiger partial charge in [0.1, 0.15) is 4.88 Å². The van der Waals surface area contributed by atoms with E-state index in [9.17, 15) is 9.59 Å². The van der Waals surface area contributed by atoms with Crippen LogP contribution in [0, 0.1) is 6.92 Å². The van der Waals surface area contributed by atoms with Crippen LogP contribution in [0.2, 0.25) is 5.02 Å². The molecule has 25 heavy (non-hydrogen) atoms. The number of hydrogen-bond donors (Lipinski definition) is 2. The number of amides is 2. The van der Waals surface area contributed by atoms with Gasteiger partial charge in [0.05, 0.1) is 5.69 Å². The van der Waals surface area contributed by atoms with E-state index in [0.717, 1.165) is 11.3 Å². The van der Waals surface area contributed by atoms with Crippen molar-refractivity contribution >= 4 is 34.8 Å². The molecule has 126 valence electrons. The second-order valence-corrected chi connectivity index (χ2v) is 6.36. The summed E-state index contributed by atoms with van der Waals surface area (Å²) in [6, 6.07) is 8.01. The van der Waals surface area contributed by atoms with E-state index in [1.54, 1.807) is 49.6 Å². The minimum Gasteiger partial charge on any atom is -0.267 e. The number of nitrogens with one attached hydrogen (secondary N) is 2. The predicted molar refractivity (Wildman–Crippen MR) is 94.3 cm³/mol. The summed E-state index contributed by atoms with van der Waals surface area (Å²) in [5, 5.41) is 1.06. The Kier molecular flexibility index (Phi) is 5.01. The molecule has 0 radical (unpaired) electrons. The first-order valence-corrected chi connectivity index (χ1v) is 8.35. The second-order valence-electron chi connectivity index (χ2n) is 4.92. The van der Waals surface area contributed by atoms with E-state index >= 15 is 0 Å². The Balaban J connectivity index is 1.68. The minimum absolute atomic E-state index is 0.374. The standard InChI is InChI=1S/C16H12ClN5O2S/c1-9-12(25-16(20-9)13-18-7-2-8-19-13)15(24)22-21-14(23)10-3-5-11(17)6-4-10/h2-8H,1H3,(H,21,23)(H,22,24). The first-order valence-electron chi connectivity index (χ1n) is 7.15. The molecule has 0 saturated carbocycles. The van der Waals surface area contributed by atoms with E-state index in [0.29, 0.717) is 32.0 Å². The maximum Gasteiger partial charge on any atom is 0.281 e. The lowest BCUT2D eigenvalue weighted by atomic mass is 10.2. The zero-order valence-electron chi connectivity index (χ0n) is 13.0. The van der Waals surface area contributed by atoms with E-state index < -0.39 is 11.8 Å². The van der Waals surface area contributed by atoms with Gasteiger partial charge in [-0.05, 0) is 37.3 Å². The number of aromatic nitrogens is 3. The Morgan fingerprint density at radius 3 is 2.36 bits per heavy atom. The smallest absolute Gasteiger partial charge is 0.267 e. The lowest BCUT2D eigenvalue weighted by Crippen LogP contribution is -2.41. The Morgan fingerprint density at radius 1 is 1.04 bits per heavy atom. The van der Waals surface area contributed by atoms with Gasteiger partial charge < -0.3 is 0 Å². The number of hydrogen-bond acceptors (Lipinski definition) is 6. The van der Waals surface area contributed by atoms with Crippen LogP contribution in [-0.2, 0) is 0 Å². The molecule has 2 amide bonds. The number of rotatable bonds is 3. The molecular weight excluding hydrogens is 362 g/mol. The monoisotopic (exact) mass is 373 g/mol. The number of halogens is 1. The summed E-state index contributed by atoms with van der Waals surface area (Å²) >= 11 is 6.93. The second kappa shape index (κ2) is 7.37. The quantitative estimate of drug-likeness (QED) is 0.688. The van der Waals surface area contributed by atoms with Gasteiger partial charge in [0, 0.05) is 23.0 Å². The van der Waals surface area contributed by atoms with Gasteiger partial charge in [0.25, 0.3) is 11.8 Å². The summed E-state index contributed by atoms with van der Waals surface area (Å²) in [6.45, 7) is 1.71. The van der Waals surface area contributed by atoms with Crippen molar-refractivity contribution in [2.24, 2.45) is 0 Å². The molecule has 2 N–H and O–H groups in total. The van der Waals surface area contributed by atoms with Gasteiger partial charge in [-0.15, -0.1) is 11.3 Å². The molecule has 0 bridgehead atoms. The maximum absolute atomic E-state index is 12.3. The molecule has 3 aromatic rings. The number of benzene rings is 1. The van der Waals surface area contributed by atoms with Crippen LogP contribution in [0.5, 0.6) is 0 Å². The Hall–Kier alpha value is -2.84. The fraction of sp³-hybridized carbons (Fsp3) is 0.0625. The van der Waals surface area contributed by atoms with E-state index in [-0.39, 0.29) is 0 Å². The molecule has 0 fully saturated rings. The highest BCUT2D eigenvalue weighted by Gasteiger charge is 2.18. The third kappa shape index (κ3) is 3.98. The number of nitrogens with zero attached hydrogens (tertiary/aromatic N) is 3. The van der Waals surface area contributed by atoms with Crippen molar-refractivity contribution in [1.82, 2.24) is 25.8 Å². The number of carbonyl (C=O) groups excluding carboxylic acids is 2. The molecule has 3 rings (SSSR count). The number of aryl methyl sites for hydroxylation is 1. The molecule has 2 heterocycles. The van der Waals surface area contributed by atoms with Gasteiger partial charge in [0.2, 0.25) is 0 Å². The molecule has 2 aromatic heterocycles.